The quantitative estimate of drug-likeness (QED) is 0.564. The molecule has 0 fully saturated rings. The molecular formula is C6H9N2Y+2. The van der Waals surface area contributed by atoms with Gasteiger partial charge in [-0.05, 0) is 0 Å². The maximum atomic E-state index is 4.07. The Morgan fingerprint density at radius 2 is 2.00 bits per heavy atom. The van der Waals surface area contributed by atoms with E-state index >= 15 is 0 Å². The van der Waals surface area contributed by atoms with E-state index in [9.17, 15) is 0 Å². The van der Waals surface area contributed by atoms with E-state index in [1.54, 1.807) is 4.68 Å². The van der Waals surface area contributed by atoms with Crippen LogP contribution in [0.1, 0.15) is 11.3 Å². The summed E-state index contributed by atoms with van der Waals surface area (Å²) >= 11 is 0. The molecule has 0 radical (unpaired) electrons. The number of rotatable bonds is 0. The van der Waals surface area contributed by atoms with Gasteiger partial charge in [-0.25, -0.2) is 0 Å². The van der Waals surface area contributed by atoms with Crippen LogP contribution in [0.2, 0.25) is 0 Å². The molecule has 44 valence electrons. The van der Waals surface area contributed by atoms with Gasteiger partial charge < -0.3 is 4.68 Å². The van der Waals surface area contributed by atoms with Gasteiger partial charge in [0, 0.05) is 7.05 Å². The number of hydrogen-bond donors (Lipinski definition) is 0. The summed E-state index contributed by atoms with van der Waals surface area (Å²) in [6.45, 7) is 3.98. The number of aromatic nitrogens is 2. The van der Waals surface area contributed by atoms with Gasteiger partial charge in [-0.1, -0.05) is 19.5 Å². The van der Waals surface area contributed by atoms with Crippen LogP contribution in [0.25, 0.3) is 0 Å². The first-order valence-corrected chi connectivity index (χ1v) is 2.59. The minimum Gasteiger partial charge on any atom is -0.379 e. The van der Waals surface area contributed by atoms with Crippen molar-refractivity contribution in [1.82, 2.24) is 9.78 Å². The molecule has 0 atom stereocenters. The van der Waals surface area contributed by atoms with Gasteiger partial charge >= 0.3 is 32.7 Å². The molecule has 1 heterocycles. The van der Waals surface area contributed by atoms with Crippen molar-refractivity contribution in [3.63, 3.8) is 0 Å². The molecule has 0 aliphatic rings. The molecule has 2 nitrogen and oxygen atoms in total. The van der Waals surface area contributed by atoms with E-state index in [1.165, 1.54) is 0 Å². The third kappa shape index (κ3) is 2.19. The Morgan fingerprint density at radius 1 is 1.44 bits per heavy atom. The molecule has 9 heavy (non-hydrogen) atoms. The van der Waals surface area contributed by atoms with Crippen LogP contribution < -0.4 is 0 Å². The fourth-order valence-electron chi connectivity index (χ4n) is 0.649. The van der Waals surface area contributed by atoms with Crippen molar-refractivity contribution in [2.45, 2.75) is 13.8 Å². The summed E-state index contributed by atoms with van der Waals surface area (Å²) in [6, 6.07) is 0. The second kappa shape index (κ2) is 3.47. The fraction of sp³-hybridized carbons (Fsp3) is 0.500. The first-order valence-electron chi connectivity index (χ1n) is 2.59. The fourth-order valence-corrected chi connectivity index (χ4v) is 0.649. The SMILES string of the molecule is Cc1[c-]n(C)nc1C.[Y+3]. The van der Waals surface area contributed by atoms with Gasteiger partial charge in [-0.2, -0.15) is 5.56 Å². The number of hydrogen-bond acceptors (Lipinski definition) is 1. The minimum atomic E-state index is 0. The summed E-state index contributed by atoms with van der Waals surface area (Å²) in [4.78, 5) is 0. The third-order valence-corrected chi connectivity index (χ3v) is 1.17. The van der Waals surface area contributed by atoms with Crippen LogP contribution in [0.3, 0.4) is 0 Å². The second-order valence-corrected chi connectivity index (χ2v) is 1.95. The normalized spacial score (nSPS) is 8.78. The van der Waals surface area contributed by atoms with Crippen LogP contribution in [0.4, 0.5) is 0 Å². The second-order valence-electron chi connectivity index (χ2n) is 1.95. The van der Waals surface area contributed by atoms with E-state index < -0.39 is 0 Å². The molecule has 3 heteroatoms. The predicted molar refractivity (Wildman–Crippen MR) is 31.5 cm³/mol. The Hall–Kier alpha value is 0.314. The van der Waals surface area contributed by atoms with Crippen molar-refractivity contribution in [3.05, 3.63) is 17.5 Å². The van der Waals surface area contributed by atoms with Crippen molar-refractivity contribution >= 4 is 0 Å². The zero-order valence-corrected chi connectivity index (χ0v) is 8.81. The molecule has 0 bridgehead atoms. The molecule has 0 unspecified atom stereocenters. The van der Waals surface area contributed by atoms with Gasteiger partial charge in [-0.3, -0.25) is 5.10 Å². The van der Waals surface area contributed by atoms with E-state index in [0.717, 1.165) is 11.3 Å². The molecule has 0 N–H and O–H groups in total. The maximum absolute atomic E-state index is 4.07. The molecule has 1 aromatic rings. The molecule has 0 aliphatic carbocycles. The average Bonchev–Trinajstić information content (AvgIpc) is 1.85. The van der Waals surface area contributed by atoms with Crippen LogP contribution in [0, 0.1) is 20.0 Å². The van der Waals surface area contributed by atoms with E-state index in [0.29, 0.717) is 0 Å². The maximum Gasteiger partial charge on any atom is 3.00 e. The van der Waals surface area contributed by atoms with E-state index in [1.807, 2.05) is 20.9 Å². The largest absolute Gasteiger partial charge is 3.00 e. The van der Waals surface area contributed by atoms with Crippen molar-refractivity contribution in [2.24, 2.45) is 7.05 Å². The Kier molecular flexibility index (Phi) is 3.60. The van der Waals surface area contributed by atoms with Gasteiger partial charge in [0.05, 0.1) is 0 Å². The van der Waals surface area contributed by atoms with Gasteiger partial charge in [0.2, 0.25) is 0 Å². The van der Waals surface area contributed by atoms with Crippen molar-refractivity contribution in [1.29, 1.82) is 0 Å². The Morgan fingerprint density at radius 3 is 2.11 bits per heavy atom. The van der Waals surface area contributed by atoms with Crippen LogP contribution in [-0.2, 0) is 39.8 Å². The minimum absolute atomic E-state index is 0. The summed E-state index contributed by atoms with van der Waals surface area (Å²) in [5.41, 5.74) is 2.19. The summed E-state index contributed by atoms with van der Waals surface area (Å²) < 4.78 is 1.70. The van der Waals surface area contributed by atoms with E-state index in [2.05, 4.69) is 11.3 Å². The standard InChI is InChI=1S/C6H9N2.Y/c1-5-4-8(3)7-6(5)2;/h1-3H3;/q-1;+3. The summed E-state index contributed by atoms with van der Waals surface area (Å²) in [5.74, 6) is 0. The smallest absolute Gasteiger partial charge is 0.379 e. The zero-order chi connectivity index (χ0) is 6.15. The summed E-state index contributed by atoms with van der Waals surface area (Å²) in [5, 5.41) is 4.07. The third-order valence-electron chi connectivity index (χ3n) is 1.17. The topological polar surface area (TPSA) is 17.8 Å². The Labute approximate surface area is 80.5 Å². The Bertz CT molecular complexity index is 173. The zero-order valence-electron chi connectivity index (χ0n) is 5.97. The number of nitrogens with zero attached hydrogens (tertiary/aromatic N) is 2. The van der Waals surface area contributed by atoms with Gasteiger partial charge in [-0.15, -0.1) is 6.20 Å². The van der Waals surface area contributed by atoms with Crippen molar-refractivity contribution in [2.75, 3.05) is 0 Å². The number of aryl methyl sites for hydroxylation is 3. The summed E-state index contributed by atoms with van der Waals surface area (Å²) in [6.07, 6.45) is 3.01. The molecule has 1 rings (SSSR count). The van der Waals surface area contributed by atoms with E-state index in [4.69, 9.17) is 0 Å². The molecule has 0 spiro atoms. The van der Waals surface area contributed by atoms with Gasteiger partial charge in [0.25, 0.3) is 0 Å². The molecule has 0 amide bonds. The van der Waals surface area contributed by atoms with Crippen LogP contribution in [0.15, 0.2) is 0 Å². The van der Waals surface area contributed by atoms with Crippen molar-refractivity contribution in [3.8, 4) is 0 Å². The Balaban J connectivity index is 0.000000640. The van der Waals surface area contributed by atoms with Crippen LogP contribution in [0.5, 0.6) is 0 Å². The first kappa shape index (κ1) is 9.31. The molecule has 1 aromatic heterocycles. The van der Waals surface area contributed by atoms with Crippen molar-refractivity contribution < 1.29 is 32.7 Å². The van der Waals surface area contributed by atoms with Crippen LogP contribution >= 0.6 is 0 Å². The molecule has 0 saturated heterocycles. The molecular weight excluding hydrogens is 189 g/mol. The van der Waals surface area contributed by atoms with E-state index in [-0.39, 0.29) is 32.7 Å². The molecule has 0 saturated carbocycles. The van der Waals surface area contributed by atoms with Crippen LogP contribution in [-0.4, -0.2) is 9.78 Å². The monoisotopic (exact) mass is 198 g/mol. The summed E-state index contributed by atoms with van der Waals surface area (Å²) in [7, 11) is 1.88. The predicted octanol–water partition coefficient (Wildman–Crippen LogP) is 0.835. The first-order chi connectivity index (χ1) is 3.70. The molecule has 0 aromatic carbocycles. The average molecular weight is 198 g/mol. The van der Waals surface area contributed by atoms with Gasteiger partial charge in [0.1, 0.15) is 0 Å². The molecule has 0 aliphatic heterocycles. The van der Waals surface area contributed by atoms with Gasteiger partial charge in [0.15, 0.2) is 0 Å².